The fourth-order valence-electron chi connectivity index (χ4n) is 3.85. The smallest absolute Gasteiger partial charge is 0.248 e. The second kappa shape index (κ2) is 6.56. The maximum Gasteiger partial charge on any atom is 0.248 e. The number of carbonyl (C=O) groups is 1. The van der Waals surface area contributed by atoms with E-state index in [0.29, 0.717) is 23.0 Å². The number of anilines is 1. The van der Waals surface area contributed by atoms with Gasteiger partial charge in [-0.3, -0.25) is 9.78 Å². The number of nitrogens with one attached hydrogen (secondary N) is 1. The number of pyridine rings is 1. The molecule has 7 nitrogen and oxygen atoms in total. The monoisotopic (exact) mass is 382 g/mol. The normalized spacial score (nSPS) is 15.8. The molecule has 0 aliphatic carbocycles. The van der Waals surface area contributed by atoms with Crippen LogP contribution in [0.15, 0.2) is 78.3 Å². The Morgan fingerprint density at radius 3 is 2.72 bits per heavy atom. The van der Waals surface area contributed by atoms with Gasteiger partial charge in [-0.15, -0.1) is 5.10 Å². The first kappa shape index (κ1) is 17.1. The second-order valence-electron chi connectivity index (χ2n) is 6.95. The van der Waals surface area contributed by atoms with Gasteiger partial charge in [-0.1, -0.05) is 48.5 Å². The van der Waals surface area contributed by atoms with Crippen molar-refractivity contribution in [3.63, 3.8) is 0 Å². The summed E-state index contributed by atoms with van der Waals surface area (Å²) in [5.41, 5.74) is 8.57. The van der Waals surface area contributed by atoms with Gasteiger partial charge < -0.3 is 11.1 Å². The Morgan fingerprint density at radius 1 is 1.10 bits per heavy atom. The zero-order chi connectivity index (χ0) is 20.0. The molecule has 4 aromatic rings. The predicted molar refractivity (Wildman–Crippen MR) is 111 cm³/mol. The van der Waals surface area contributed by atoms with Crippen LogP contribution in [0.1, 0.15) is 18.5 Å². The zero-order valence-electron chi connectivity index (χ0n) is 15.7. The molecule has 5 rings (SSSR count). The number of primary amides is 1. The van der Waals surface area contributed by atoms with E-state index in [2.05, 4.69) is 28.5 Å². The molecule has 0 fully saturated rings. The first-order chi connectivity index (χ1) is 14.1. The van der Waals surface area contributed by atoms with E-state index in [0.717, 1.165) is 21.9 Å². The van der Waals surface area contributed by atoms with Gasteiger partial charge in [-0.05, 0) is 29.3 Å². The number of fused-ring (bicyclic) bond motifs is 2. The number of hydrogen-bond acceptors (Lipinski definition) is 5. The molecular weight excluding hydrogens is 364 g/mol. The van der Waals surface area contributed by atoms with Gasteiger partial charge in [0.05, 0.1) is 5.57 Å². The lowest BCUT2D eigenvalue weighted by atomic mass is 9.97. The lowest BCUT2D eigenvalue weighted by Gasteiger charge is -2.27. The first-order valence-electron chi connectivity index (χ1n) is 9.25. The van der Waals surface area contributed by atoms with E-state index in [1.807, 2.05) is 43.3 Å². The average Bonchev–Trinajstić information content (AvgIpc) is 3.16. The largest absolute Gasteiger partial charge is 0.366 e. The van der Waals surface area contributed by atoms with Crippen LogP contribution in [0.3, 0.4) is 0 Å². The molecule has 0 saturated heterocycles. The van der Waals surface area contributed by atoms with Gasteiger partial charge in [0.1, 0.15) is 6.04 Å². The Hall–Kier alpha value is -4.00. The number of benzene rings is 2. The Bertz CT molecular complexity index is 1270. The molecular formula is C22H18N6O. The summed E-state index contributed by atoms with van der Waals surface area (Å²) in [6, 6.07) is 17.4. The second-order valence-corrected chi connectivity index (χ2v) is 6.95. The van der Waals surface area contributed by atoms with Crippen molar-refractivity contribution in [3.05, 3.63) is 83.8 Å². The fourth-order valence-corrected chi connectivity index (χ4v) is 3.85. The van der Waals surface area contributed by atoms with E-state index in [1.165, 1.54) is 0 Å². The number of allylic oxidation sites excluding steroid dienone is 1. The van der Waals surface area contributed by atoms with Gasteiger partial charge in [0.25, 0.3) is 0 Å². The number of amides is 1. The minimum atomic E-state index is -0.503. The van der Waals surface area contributed by atoms with Crippen LogP contribution in [-0.2, 0) is 4.79 Å². The molecule has 0 spiro atoms. The van der Waals surface area contributed by atoms with Crippen LogP contribution in [0.4, 0.5) is 5.95 Å². The number of carbonyl (C=O) groups excluding carboxylic acids is 1. The van der Waals surface area contributed by atoms with Crippen molar-refractivity contribution in [2.24, 2.45) is 5.73 Å². The van der Waals surface area contributed by atoms with Crippen LogP contribution in [-0.4, -0.2) is 25.7 Å². The summed E-state index contributed by atoms with van der Waals surface area (Å²) in [6.07, 6.45) is 3.41. The van der Waals surface area contributed by atoms with Crippen LogP contribution in [0, 0.1) is 0 Å². The third kappa shape index (κ3) is 2.75. The summed E-state index contributed by atoms with van der Waals surface area (Å²) < 4.78 is 1.71. The van der Waals surface area contributed by atoms with E-state index < -0.39 is 11.9 Å². The molecule has 0 saturated carbocycles. The number of hydrogen-bond donors (Lipinski definition) is 2. The highest BCUT2D eigenvalue weighted by atomic mass is 16.1. The number of nitrogens with zero attached hydrogens (tertiary/aromatic N) is 4. The van der Waals surface area contributed by atoms with Gasteiger partial charge in [0, 0.05) is 23.7 Å². The molecule has 0 bridgehead atoms. The van der Waals surface area contributed by atoms with Crippen molar-refractivity contribution in [1.82, 2.24) is 19.7 Å². The number of rotatable bonds is 3. The van der Waals surface area contributed by atoms with E-state index in [9.17, 15) is 4.79 Å². The summed E-state index contributed by atoms with van der Waals surface area (Å²) >= 11 is 0. The topological polar surface area (TPSA) is 98.7 Å². The zero-order valence-corrected chi connectivity index (χ0v) is 15.7. The lowest BCUT2D eigenvalue weighted by molar-refractivity contribution is -0.115. The van der Waals surface area contributed by atoms with Crippen molar-refractivity contribution in [1.29, 1.82) is 0 Å². The highest BCUT2D eigenvalue weighted by Gasteiger charge is 2.33. The number of nitrogens with two attached hydrogens (primary N) is 1. The molecule has 2 aromatic heterocycles. The maximum absolute atomic E-state index is 12.3. The fraction of sp³-hybridized carbons (Fsp3) is 0.0909. The minimum absolute atomic E-state index is 0.444. The van der Waals surface area contributed by atoms with Crippen LogP contribution >= 0.6 is 0 Å². The summed E-state index contributed by atoms with van der Waals surface area (Å²) in [5.74, 6) is 0.637. The summed E-state index contributed by atoms with van der Waals surface area (Å²) in [4.78, 5) is 21.2. The Labute approximate surface area is 166 Å². The predicted octanol–water partition coefficient (Wildman–Crippen LogP) is 3.27. The van der Waals surface area contributed by atoms with Crippen molar-refractivity contribution in [2.45, 2.75) is 13.0 Å². The molecule has 3 N–H and O–H groups in total. The molecule has 1 unspecified atom stereocenters. The molecule has 1 amide bonds. The third-order valence-electron chi connectivity index (χ3n) is 5.15. The highest BCUT2D eigenvalue weighted by molar-refractivity contribution is 5.96. The maximum atomic E-state index is 12.3. The standard InChI is InChI=1S/C22H18N6O/c1-13-18(20(23)29)19(15-8-5-11-24-12-15)28-22(25-13)26-21(27-28)17-10-4-7-14-6-2-3-9-16(14)17/h2-12,19H,1H3,(H2,23,29)(H,25,26,27). The average molecular weight is 382 g/mol. The van der Waals surface area contributed by atoms with Gasteiger partial charge >= 0.3 is 0 Å². The van der Waals surface area contributed by atoms with Crippen molar-refractivity contribution in [2.75, 3.05) is 5.32 Å². The van der Waals surface area contributed by atoms with E-state index in [-0.39, 0.29) is 0 Å². The van der Waals surface area contributed by atoms with E-state index >= 15 is 0 Å². The molecule has 29 heavy (non-hydrogen) atoms. The SMILES string of the molecule is CC1=C(C(N)=O)C(c2cccnc2)n2nc(-c3cccc4ccccc34)nc2N1. The van der Waals surface area contributed by atoms with Gasteiger partial charge in [-0.2, -0.15) is 4.98 Å². The van der Waals surface area contributed by atoms with Crippen molar-refractivity contribution < 1.29 is 4.79 Å². The van der Waals surface area contributed by atoms with Crippen LogP contribution < -0.4 is 11.1 Å². The van der Waals surface area contributed by atoms with Gasteiger partial charge in [0.15, 0.2) is 5.82 Å². The Kier molecular flexibility index (Phi) is 3.87. The van der Waals surface area contributed by atoms with Crippen LogP contribution in [0.2, 0.25) is 0 Å². The molecule has 1 aliphatic heterocycles. The van der Waals surface area contributed by atoms with E-state index in [4.69, 9.17) is 15.8 Å². The minimum Gasteiger partial charge on any atom is -0.366 e. The van der Waals surface area contributed by atoms with Gasteiger partial charge in [-0.25, -0.2) is 4.68 Å². The van der Waals surface area contributed by atoms with Crippen molar-refractivity contribution in [3.8, 4) is 11.4 Å². The third-order valence-corrected chi connectivity index (χ3v) is 5.15. The quantitative estimate of drug-likeness (QED) is 0.567. The lowest BCUT2D eigenvalue weighted by Crippen LogP contribution is -2.31. The molecule has 142 valence electrons. The molecule has 1 atom stereocenters. The molecule has 1 aliphatic rings. The molecule has 0 radical (unpaired) electrons. The first-order valence-corrected chi connectivity index (χ1v) is 9.25. The molecule has 2 aromatic carbocycles. The summed E-state index contributed by atoms with van der Waals surface area (Å²) in [5, 5.41) is 10.1. The molecule has 7 heteroatoms. The summed E-state index contributed by atoms with van der Waals surface area (Å²) in [7, 11) is 0. The van der Waals surface area contributed by atoms with Crippen LogP contribution in [0.25, 0.3) is 22.2 Å². The number of aromatic nitrogens is 4. The van der Waals surface area contributed by atoms with E-state index in [1.54, 1.807) is 17.1 Å². The molecule has 3 heterocycles. The van der Waals surface area contributed by atoms with Crippen molar-refractivity contribution >= 4 is 22.6 Å². The Balaban J connectivity index is 1.71. The highest BCUT2D eigenvalue weighted by Crippen LogP contribution is 2.36. The van der Waals surface area contributed by atoms with Gasteiger partial charge in [0.2, 0.25) is 11.9 Å². The Morgan fingerprint density at radius 2 is 1.93 bits per heavy atom. The summed E-state index contributed by atoms with van der Waals surface area (Å²) in [6.45, 7) is 1.82. The van der Waals surface area contributed by atoms with Crippen LogP contribution in [0.5, 0.6) is 0 Å².